The number of ether oxygens (including phenoxy) is 2. The van der Waals surface area contributed by atoms with E-state index in [1.54, 1.807) is 20.3 Å². The highest BCUT2D eigenvalue weighted by Gasteiger charge is 2.17. The van der Waals surface area contributed by atoms with Crippen LogP contribution in [-0.2, 0) is 0 Å². The average molecular weight is 721 g/mol. The van der Waals surface area contributed by atoms with E-state index in [9.17, 15) is 18.4 Å². The number of carbonyl (C=O) groups is 2. The van der Waals surface area contributed by atoms with E-state index in [1.807, 2.05) is 62.4 Å². The molecule has 0 fully saturated rings. The van der Waals surface area contributed by atoms with Crippen LogP contribution in [0.5, 0.6) is 11.5 Å². The molecule has 0 unspecified atom stereocenters. The molecule has 0 aliphatic rings. The molecular formula is C33H33Br2F2NO5. The van der Waals surface area contributed by atoms with Gasteiger partial charge in [0.2, 0.25) is 0 Å². The molecule has 228 valence electrons. The van der Waals surface area contributed by atoms with Crippen molar-refractivity contribution in [1.29, 1.82) is 0 Å². The Kier molecular flexibility index (Phi) is 14.5. The number of methoxy groups -OCH3 is 2. The van der Waals surface area contributed by atoms with Gasteiger partial charge in [0.05, 0.1) is 25.3 Å². The van der Waals surface area contributed by atoms with Gasteiger partial charge in [-0.3, -0.25) is 4.79 Å². The number of rotatable bonds is 8. The molecule has 0 aliphatic heterocycles. The van der Waals surface area contributed by atoms with Crippen molar-refractivity contribution in [3.05, 3.63) is 128 Å². The van der Waals surface area contributed by atoms with Gasteiger partial charge in [-0.25, -0.2) is 13.6 Å². The highest BCUT2D eigenvalue weighted by molar-refractivity contribution is 9.10. The van der Waals surface area contributed by atoms with Crippen LogP contribution >= 0.6 is 31.9 Å². The van der Waals surface area contributed by atoms with Crippen molar-refractivity contribution >= 4 is 43.6 Å². The lowest BCUT2D eigenvalue weighted by molar-refractivity contribution is 0.0691. The number of carbonyl (C=O) groups excluding carboxylic acids is 1. The van der Waals surface area contributed by atoms with E-state index < -0.39 is 17.6 Å². The molecule has 3 N–H and O–H groups in total. The Labute approximate surface area is 267 Å². The second-order valence-electron chi connectivity index (χ2n) is 9.42. The summed E-state index contributed by atoms with van der Waals surface area (Å²) in [5.41, 5.74) is 7.60. The van der Waals surface area contributed by atoms with E-state index in [4.69, 9.17) is 20.3 Å². The van der Waals surface area contributed by atoms with E-state index in [0.29, 0.717) is 8.95 Å². The van der Waals surface area contributed by atoms with Gasteiger partial charge in [-0.05, 0) is 84.6 Å². The van der Waals surface area contributed by atoms with Gasteiger partial charge in [-0.2, -0.15) is 0 Å². The molecule has 0 radical (unpaired) electrons. The Morgan fingerprint density at radius 1 is 0.767 bits per heavy atom. The maximum Gasteiger partial charge on any atom is 0.338 e. The third-order valence-corrected chi connectivity index (χ3v) is 7.15. The molecule has 0 heterocycles. The van der Waals surface area contributed by atoms with Gasteiger partial charge in [0, 0.05) is 21.4 Å². The van der Waals surface area contributed by atoms with E-state index in [1.165, 1.54) is 24.3 Å². The summed E-state index contributed by atoms with van der Waals surface area (Å²) in [6.45, 7) is 3.90. The van der Waals surface area contributed by atoms with Crippen molar-refractivity contribution in [2.75, 3.05) is 14.2 Å². The molecule has 0 amide bonds. The van der Waals surface area contributed by atoms with Crippen molar-refractivity contribution in [3.8, 4) is 11.5 Å². The summed E-state index contributed by atoms with van der Waals surface area (Å²) in [5.74, 6) is -1.07. The zero-order valence-corrected chi connectivity index (χ0v) is 27.3. The molecule has 4 aromatic rings. The number of hydrogen-bond donors (Lipinski definition) is 2. The number of aromatic carboxylic acids is 1. The van der Waals surface area contributed by atoms with Crippen LogP contribution in [0.1, 0.15) is 64.1 Å². The second-order valence-corrected chi connectivity index (χ2v) is 11.3. The topological polar surface area (TPSA) is 98.9 Å². The first-order valence-corrected chi connectivity index (χ1v) is 14.6. The van der Waals surface area contributed by atoms with Crippen LogP contribution in [0.3, 0.4) is 0 Å². The molecule has 43 heavy (non-hydrogen) atoms. The van der Waals surface area contributed by atoms with Crippen LogP contribution in [0.15, 0.2) is 93.9 Å². The van der Waals surface area contributed by atoms with Crippen LogP contribution in [0.2, 0.25) is 0 Å². The third-order valence-electron chi connectivity index (χ3n) is 6.17. The van der Waals surface area contributed by atoms with Crippen molar-refractivity contribution in [1.82, 2.24) is 0 Å². The normalized spacial score (nSPS) is 11.6. The molecule has 4 rings (SSSR count). The van der Waals surface area contributed by atoms with Gasteiger partial charge in [0.25, 0.3) is 0 Å². The molecule has 2 atom stereocenters. The summed E-state index contributed by atoms with van der Waals surface area (Å²) in [6, 6.07) is 23.7. The summed E-state index contributed by atoms with van der Waals surface area (Å²) in [5, 5.41) is 8.40. The van der Waals surface area contributed by atoms with Crippen molar-refractivity contribution < 1.29 is 33.0 Å². The Balaban J connectivity index is 0.000000247. The minimum atomic E-state index is -1.25. The predicted octanol–water partition coefficient (Wildman–Crippen LogP) is 8.97. The van der Waals surface area contributed by atoms with Crippen LogP contribution in [0.25, 0.3) is 0 Å². The lowest BCUT2D eigenvalue weighted by Crippen LogP contribution is -2.07. The van der Waals surface area contributed by atoms with Gasteiger partial charge in [0.15, 0.2) is 5.78 Å². The maximum absolute atomic E-state index is 13.8. The standard InChI is InChI=1S/C17H16BrFO2.C9H13NO.C7H4BrFO2/c1-11(12-4-3-5-14(9-12)21-2)8-17(20)15-7-6-13(18)10-16(15)19;1-7(10)8-4-3-5-9(6-8)11-2;8-4-1-2-5(7(10)11)6(9)3-4/h3-7,9-11H,8H2,1-2H3;3-7H,10H2,1-2H3;1-3H,(H,10,11)/t11-;7-;/m01./s1. The summed E-state index contributed by atoms with van der Waals surface area (Å²) >= 11 is 6.20. The number of carboxylic acids is 1. The van der Waals surface area contributed by atoms with E-state index >= 15 is 0 Å². The number of hydrogen-bond acceptors (Lipinski definition) is 5. The van der Waals surface area contributed by atoms with Crippen LogP contribution in [-0.4, -0.2) is 31.1 Å². The SMILES string of the molecule is COc1cccc([C@@H](C)CC(=O)c2ccc(Br)cc2F)c1.COc1cccc([C@@H](C)N)c1.O=C(O)c1ccc(Br)cc1F. The number of ketones is 1. The fourth-order valence-electron chi connectivity index (χ4n) is 3.76. The molecule has 6 nitrogen and oxygen atoms in total. The summed E-state index contributed by atoms with van der Waals surface area (Å²) in [6.07, 6.45) is 0.256. The first kappa shape index (κ1) is 35.6. The number of benzene rings is 4. The highest BCUT2D eigenvalue weighted by Crippen LogP contribution is 2.26. The van der Waals surface area contributed by atoms with Gasteiger partial charge in [-0.15, -0.1) is 0 Å². The monoisotopic (exact) mass is 719 g/mol. The number of Topliss-reactive ketones (excluding diaryl/α,β-unsaturated/α-hetero) is 1. The van der Waals surface area contributed by atoms with Crippen molar-refractivity contribution in [2.24, 2.45) is 5.73 Å². The smallest absolute Gasteiger partial charge is 0.338 e. The molecule has 0 saturated carbocycles. The van der Waals surface area contributed by atoms with Gasteiger partial charge >= 0.3 is 5.97 Å². The molecule has 0 bridgehead atoms. The largest absolute Gasteiger partial charge is 0.497 e. The lowest BCUT2D eigenvalue weighted by Gasteiger charge is -2.12. The van der Waals surface area contributed by atoms with Gasteiger partial charge < -0.3 is 20.3 Å². The Hall–Kier alpha value is -3.60. The second kappa shape index (κ2) is 17.5. The van der Waals surface area contributed by atoms with Crippen molar-refractivity contribution in [2.45, 2.75) is 32.2 Å². The molecule has 10 heteroatoms. The molecule has 0 aliphatic carbocycles. The zero-order valence-electron chi connectivity index (χ0n) is 24.1. The summed E-state index contributed by atoms with van der Waals surface area (Å²) in [4.78, 5) is 22.5. The summed E-state index contributed by atoms with van der Waals surface area (Å²) in [7, 11) is 3.26. The fraction of sp³-hybridized carbons (Fsp3) is 0.212. The molecular weight excluding hydrogens is 688 g/mol. The van der Waals surface area contributed by atoms with Gasteiger partial charge in [0.1, 0.15) is 23.1 Å². The van der Waals surface area contributed by atoms with Crippen LogP contribution < -0.4 is 15.2 Å². The van der Waals surface area contributed by atoms with E-state index in [-0.39, 0.29) is 35.3 Å². The van der Waals surface area contributed by atoms with Crippen molar-refractivity contribution in [3.63, 3.8) is 0 Å². The highest BCUT2D eigenvalue weighted by atomic mass is 79.9. The first-order chi connectivity index (χ1) is 20.4. The molecule has 0 aromatic heterocycles. The van der Waals surface area contributed by atoms with Crippen LogP contribution in [0, 0.1) is 11.6 Å². The minimum Gasteiger partial charge on any atom is -0.497 e. The average Bonchev–Trinajstić information content (AvgIpc) is 2.97. The van der Waals surface area contributed by atoms with Gasteiger partial charge in [-0.1, -0.05) is 63.0 Å². The maximum atomic E-state index is 13.8. The quantitative estimate of drug-likeness (QED) is 0.176. The Morgan fingerprint density at radius 2 is 1.23 bits per heavy atom. The predicted molar refractivity (Wildman–Crippen MR) is 171 cm³/mol. The first-order valence-electron chi connectivity index (χ1n) is 13.1. The summed E-state index contributed by atoms with van der Waals surface area (Å²) < 4.78 is 37.9. The third kappa shape index (κ3) is 11.5. The van der Waals surface area contributed by atoms with Crippen LogP contribution in [0.4, 0.5) is 8.78 Å². The number of carboxylic acid groups (broad SMARTS) is 1. The minimum absolute atomic E-state index is 0.00403. The molecule has 0 saturated heterocycles. The Morgan fingerprint density at radius 3 is 1.67 bits per heavy atom. The fourth-order valence-corrected chi connectivity index (χ4v) is 4.42. The zero-order chi connectivity index (χ0) is 32.1. The number of halogens is 4. The van der Waals surface area contributed by atoms with E-state index in [0.717, 1.165) is 28.7 Å². The molecule has 4 aromatic carbocycles. The molecule has 0 spiro atoms. The lowest BCUT2D eigenvalue weighted by atomic mass is 9.93. The number of nitrogens with two attached hydrogens (primary N) is 1. The van der Waals surface area contributed by atoms with E-state index in [2.05, 4.69) is 31.9 Å². The Bertz CT molecular complexity index is 1530.